The van der Waals surface area contributed by atoms with Crippen LogP contribution < -0.4 is 11.1 Å². The smallest absolute Gasteiger partial charge is 0.261 e. The minimum Gasteiger partial charge on any atom is -0.345 e. The molecule has 3 nitrogen and oxygen atoms in total. The first kappa shape index (κ1) is 13.7. The third-order valence-corrected chi connectivity index (χ3v) is 4.54. The van der Waals surface area contributed by atoms with E-state index in [-0.39, 0.29) is 11.4 Å². The zero-order valence-electron chi connectivity index (χ0n) is 9.55. The van der Waals surface area contributed by atoms with Crippen LogP contribution in [-0.4, -0.2) is 18.0 Å². The van der Waals surface area contributed by atoms with Crippen LogP contribution >= 0.6 is 27.3 Å². The number of thiophene rings is 1. The molecule has 0 aliphatic carbocycles. The largest absolute Gasteiger partial charge is 0.345 e. The van der Waals surface area contributed by atoms with E-state index in [4.69, 9.17) is 5.73 Å². The lowest BCUT2D eigenvalue weighted by Gasteiger charge is -2.31. The van der Waals surface area contributed by atoms with Crippen LogP contribution in [0.2, 0.25) is 0 Å². The second-order valence-corrected chi connectivity index (χ2v) is 6.21. The number of carbonyl (C=O) groups excluding carboxylic acids is 1. The lowest BCUT2D eigenvalue weighted by atomic mass is 9.93. The maximum absolute atomic E-state index is 12.0. The second-order valence-electron chi connectivity index (χ2n) is 3.75. The van der Waals surface area contributed by atoms with Crippen molar-refractivity contribution >= 4 is 33.2 Å². The normalized spacial score (nSPS) is 11.5. The van der Waals surface area contributed by atoms with Gasteiger partial charge in [-0.15, -0.1) is 11.3 Å². The number of amides is 1. The molecule has 0 spiro atoms. The summed E-state index contributed by atoms with van der Waals surface area (Å²) in [4.78, 5) is 12.7. The number of nitrogens with two attached hydrogens (primary N) is 1. The summed E-state index contributed by atoms with van der Waals surface area (Å²) in [7, 11) is 0. The van der Waals surface area contributed by atoms with E-state index in [1.54, 1.807) is 0 Å². The highest BCUT2D eigenvalue weighted by atomic mass is 79.9. The summed E-state index contributed by atoms with van der Waals surface area (Å²) in [5.74, 6) is -0.0372. The van der Waals surface area contributed by atoms with Crippen LogP contribution in [-0.2, 0) is 0 Å². The van der Waals surface area contributed by atoms with Gasteiger partial charge in [-0.2, -0.15) is 0 Å². The zero-order valence-corrected chi connectivity index (χ0v) is 12.0. The summed E-state index contributed by atoms with van der Waals surface area (Å²) >= 11 is 4.78. The fraction of sp³-hybridized carbons (Fsp3) is 0.545. The number of carbonyl (C=O) groups is 1. The molecule has 0 aliphatic heterocycles. The van der Waals surface area contributed by atoms with Crippen LogP contribution in [0, 0.1) is 0 Å². The summed E-state index contributed by atoms with van der Waals surface area (Å²) < 4.78 is 0.962. The first-order chi connectivity index (χ1) is 7.56. The van der Waals surface area contributed by atoms with Crippen molar-refractivity contribution in [3.8, 4) is 0 Å². The topological polar surface area (TPSA) is 55.1 Å². The maximum Gasteiger partial charge on any atom is 0.261 e. The summed E-state index contributed by atoms with van der Waals surface area (Å²) in [6.07, 6.45) is 1.69. The lowest BCUT2D eigenvalue weighted by molar-refractivity contribution is 0.0899. The van der Waals surface area contributed by atoms with Crippen molar-refractivity contribution in [2.24, 2.45) is 5.73 Å². The first-order valence-electron chi connectivity index (χ1n) is 5.35. The number of nitrogens with one attached hydrogen (secondary N) is 1. The quantitative estimate of drug-likeness (QED) is 0.879. The monoisotopic (exact) mass is 304 g/mol. The van der Waals surface area contributed by atoms with Crippen molar-refractivity contribution < 1.29 is 4.79 Å². The molecule has 0 unspecified atom stereocenters. The molecule has 0 radical (unpaired) electrons. The molecule has 5 heteroatoms. The first-order valence-corrected chi connectivity index (χ1v) is 6.95. The molecule has 0 saturated heterocycles. The predicted molar refractivity (Wildman–Crippen MR) is 71.9 cm³/mol. The Morgan fingerprint density at radius 2 is 2.12 bits per heavy atom. The van der Waals surface area contributed by atoms with Gasteiger partial charge >= 0.3 is 0 Å². The Morgan fingerprint density at radius 1 is 1.50 bits per heavy atom. The Hall–Kier alpha value is -0.390. The SMILES string of the molecule is CCC(CC)(CN)NC(=O)c1ccc(Br)s1. The standard InChI is InChI=1S/C11H17BrN2OS/c1-3-11(4-2,7-13)14-10(15)8-5-6-9(12)16-8/h5-6H,3-4,7,13H2,1-2H3,(H,14,15). The van der Waals surface area contributed by atoms with Crippen molar-refractivity contribution in [1.29, 1.82) is 0 Å². The van der Waals surface area contributed by atoms with Crippen LogP contribution in [0.15, 0.2) is 15.9 Å². The predicted octanol–water partition coefficient (Wildman–Crippen LogP) is 2.76. The lowest BCUT2D eigenvalue weighted by Crippen LogP contribution is -2.52. The third kappa shape index (κ3) is 3.06. The number of halogens is 1. The van der Waals surface area contributed by atoms with E-state index in [1.807, 2.05) is 26.0 Å². The van der Waals surface area contributed by atoms with Gasteiger partial charge in [-0.1, -0.05) is 13.8 Å². The van der Waals surface area contributed by atoms with Gasteiger partial charge in [-0.25, -0.2) is 0 Å². The summed E-state index contributed by atoms with van der Waals surface area (Å²) in [5, 5.41) is 3.03. The number of hydrogen-bond donors (Lipinski definition) is 2. The number of rotatable bonds is 5. The van der Waals surface area contributed by atoms with Gasteiger partial charge < -0.3 is 11.1 Å². The van der Waals surface area contributed by atoms with E-state index < -0.39 is 0 Å². The molecule has 1 aromatic rings. The van der Waals surface area contributed by atoms with Gasteiger partial charge in [-0.3, -0.25) is 4.79 Å². The van der Waals surface area contributed by atoms with Crippen molar-refractivity contribution in [1.82, 2.24) is 5.32 Å². The third-order valence-electron chi connectivity index (χ3n) is 2.92. The van der Waals surface area contributed by atoms with E-state index in [0.717, 1.165) is 16.6 Å². The van der Waals surface area contributed by atoms with Crippen molar-refractivity contribution in [3.05, 3.63) is 20.8 Å². The van der Waals surface area contributed by atoms with Gasteiger partial charge in [0.05, 0.1) is 14.2 Å². The molecular weight excluding hydrogens is 288 g/mol. The molecule has 1 amide bonds. The van der Waals surface area contributed by atoms with Gasteiger partial charge in [0.1, 0.15) is 0 Å². The molecule has 0 aromatic carbocycles. The van der Waals surface area contributed by atoms with E-state index >= 15 is 0 Å². The Kier molecular flexibility index (Phi) is 4.95. The van der Waals surface area contributed by atoms with Crippen LogP contribution in [0.3, 0.4) is 0 Å². The molecule has 1 aromatic heterocycles. The molecule has 0 fully saturated rings. The molecule has 0 atom stereocenters. The molecule has 3 N–H and O–H groups in total. The zero-order chi connectivity index (χ0) is 12.2. The fourth-order valence-corrected chi connectivity index (χ4v) is 2.79. The van der Waals surface area contributed by atoms with Crippen LogP contribution in [0.25, 0.3) is 0 Å². The second kappa shape index (κ2) is 5.80. The van der Waals surface area contributed by atoms with Crippen LogP contribution in [0.5, 0.6) is 0 Å². The van der Waals surface area contributed by atoms with Gasteiger partial charge in [0, 0.05) is 6.54 Å². The molecule has 0 aliphatic rings. The minimum absolute atomic E-state index is 0.0372. The van der Waals surface area contributed by atoms with Crippen molar-refractivity contribution in [2.75, 3.05) is 6.54 Å². The van der Waals surface area contributed by atoms with E-state index in [2.05, 4.69) is 21.2 Å². The highest BCUT2D eigenvalue weighted by Crippen LogP contribution is 2.23. The van der Waals surface area contributed by atoms with Gasteiger partial charge in [0.2, 0.25) is 0 Å². The number of hydrogen-bond acceptors (Lipinski definition) is 3. The molecule has 0 bridgehead atoms. The van der Waals surface area contributed by atoms with Gasteiger partial charge in [-0.05, 0) is 40.9 Å². The minimum atomic E-state index is -0.270. The highest BCUT2D eigenvalue weighted by Gasteiger charge is 2.27. The molecule has 16 heavy (non-hydrogen) atoms. The van der Waals surface area contributed by atoms with Crippen molar-refractivity contribution in [3.63, 3.8) is 0 Å². The molecule has 0 saturated carbocycles. The van der Waals surface area contributed by atoms with Crippen LogP contribution in [0.4, 0.5) is 0 Å². The highest BCUT2D eigenvalue weighted by molar-refractivity contribution is 9.11. The Bertz CT molecular complexity index is 352. The fourth-order valence-electron chi connectivity index (χ4n) is 1.51. The molecule has 1 rings (SSSR count). The average molecular weight is 305 g/mol. The van der Waals surface area contributed by atoms with E-state index in [1.165, 1.54) is 11.3 Å². The Labute approximate surface area is 109 Å². The van der Waals surface area contributed by atoms with Crippen LogP contribution in [0.1, 0.15) is 36.4 Å². The molecular formula is C11H17BrN2OS. The van der Waals surface area contributed by atoms with Gasteiger partial charge in [0.25, 0.3) is 5.91 Å². The summed E-state index contributed by atoms with van der Waals surface area (Å²) in [6, 6.07) is 3.69. The van der Waals surface area contributed by atoms with Crippen molar-refractivity contribution in [2.45, 2.75) is 32.2 Å². The maximum atomic E-state index is 12.0. The van der Waals surface area contributed by atoms with E-state index in [9.17, 15) is 4.79 Å². The Morgan fingerprint density at radius 3 is 2.50 bits per heavy atom. The van der Waals surface area contributed by atoms with E-state index in [0.29, 0.717) is 11.4 Å². The summed E-state index contributed by atoms with van der Waals surface area (Å²) in [5.41, 5.74) is 5.47. The summed E-state index contributed by atoms with van der Waals surface area (Å²) in [6.45, 7) is 4.56. The Balaban J connectivity index is 2.76. The molecule has 1 heterocycles. The average Bonchev–Trinajstić information content (AvgIpc) is 2.73. The molecule has 90 valence electrons. The van der Waals surface area contributed by atoms with Gasteiger partial charge in [0.15, 0.2) is 0 Å².